The van der Waals surface area contributed by atoms with Crippen LogP contribution in [0.25, 0.3) is 5.69 Å². The fraction of sp³-hybridized carbons (Fsp3) is 0.304. The fourth-order valence-electron chi connectivity index (χ4n) is 4.03. The van der Waals surface area contributed by atoms with Crippen LogP contribution in [0.3, 0.4) is 0 Å². The van der Waals surface area contributed by atoms with Gasteiger partial charge in [0.05, 0.1) is 23.5 Å². The lowest BCUT2D eigenvalue weighted by Crippen LogP contribution is -2.33. The van der Waals surface area contributed by atoms with Gasteiger partial charge in [-0.1, -0.05) is 18.2 Å². The quantitative estimate of drug-likeness (QED) is 0.583. The van der Waals surface area contributed by atoms with Gasteiger partial charge in [-0.05, 0) is 75.7 Å². The summed E-state index contributed by atoms with van der Waals surface area (Å²) >= 11 is 5.72. The Morgan fingerprint density at radius 3 is 2.63 bits per heavy atom. The molecular weight excluding hydrogens is 397 g/mol. The van der Waals surface area contributed by atoms with E-state index in [0.717, 1.165) is 30.9 Å². The Morgan fingerprint density at radius 1 is 1.10 bits per heavy atom. The van der Waals surface area contributed by atoms with Crippen LogP contribution in [0.1, 0.15) is 29.9 Å². The molecule has 1 aliphatic heterocycles. The number of para-hydroxylation sites is 1. The molecule has 3 heterocycles. The first-order valence-corrected chi connectivity index (χ1v) is 10.5. The molecule has 1 fully saturated rings. The Labute approximate surface area is 182 Å². The number of rotatable bonds is 7. The normalized spacial score (nSPS) is 18.8. The average molecular weight is 424 g/mol. The fourth-order valence-corrected chi connectivity index (χ4v) is 4.36. The Kier molecular flexibility index (Phi) is 6.11. The Morgan fingerprint density at radius 2 is 1.90 bits per heavy atom. The van der Waals surface area contributed by atoms with Crippen LogP contribution in [0.15, 0.2) is 67.0 Å². The number of halogens is 1. The number of nitrogens with one attached hydrogen (secondary N) is 1. The van der Waals surface area contributed by atoms with Crippen molar-refractivity contribution in [3.05, 3.63) is 84.2 Å². The minimum Gasteiger partial charge on any atom is -0.352 e. The van der Waals surface area contributed by atoms with Gasteiger partial charge in [0.25, 0.3) is 0 Å². The third-order valence-electron chi connectivity index (χ3n) is 5.40. The van der Waals surface area contributed by atoms with Crippen molar-refractivity contribution in [2.45, 2.75) is 18.5 Å². The molecule has 2 atom stereocenters. The van der Waals surface area contributed by atoms with E-state index in [1.165, 1.54) is 6.07 Å². The second kappa shape index (κ2) is 8.93. The van der Waals surface area contributed by atoms with Crippen molar-refractivity contribution in [3.63, 3.8) is 0 Å². The molecule has 1 aromatic carbocycles. The summed E-state index contributed by atoms with van der Waals surface area (Å²) in [4.78, 5) is 8.96. The highest BCUT2D eigenvalue weighted by Crippen LogP contribution is 2.39. The minimum absolute atomic E-state index is 0.0934. The van der Waals surface area contributed by atoms with Gasteiger partial charge in [0.2, 0.25) is 0 Å². The van der Waals surface area contributed by atoms with Crippen molar-refractivity contribution < 1.29 is 4.39 Å². The van der Waals surface area contributed by atoms with Gasteiger partial charge < -0.3 is 19.7 Å². The average Bonchev–Trinajstić information content (AvgIpc) is 3.33. The zero-order chi connectivity index (χ0) is 21.1. The van der Waals surface area contributed by atoms with Gasteiger partial charge >= 0.3 is 0 Å². The number of nitrogens with zero attached hydrogens (tertiary/aromatic N) is 4. The number of hydrogen-bond acceptors (Lipinski definition) is 3. The van der Waals surface area contributed by atoms with Gasteiger partial charge in [-0.3, -0.25) is 4.98 Å². The van der Waals surface area contributed by atoms with Crippen molar-refractivity contribution in [1.82, 2.24) is 24.7 Å². The lowest BCUT2D eigenvalue weighted by molar-refractivity contribution is 0.286. The number of pyridine rings is 1. The Bertz CT molecular complexity index is 1000. The van der Waals surface area contributed by atoms with E-state index in [1.54, 1.807) is 18.3 Å². The molecule has 4 rings (SSSR count). The lowest BCUT2D eigenvalue weighted by atomic mass is 10.0. The second-order valence-corrected chi connectivity index (χ2v) is 8.12. The van der Waals surface area contributed by atoms with Crippen LogP contribution in [0, 0.1) is 5.82 Å². The molecule has 0 unspecified atom stereocenters. The van der Waals surface area contributed by atoms with Crippen LogP contribution in [0.2, 0.25) is 0 Å². The third kappa shape index (κ3) is 4.08. The van der Waals surface area contributed by atoms with Gasteiger partial charge in [-0.2, -0.15) is 0 Å². The monoisotopic (exact) mass is 423 g/mol. The molecule has 7 heteroatoms. The molecule has 1 N–H and O–H groups in total. The molecule has 3 aromatic rings. The van der Waals surface area contributed by atoms with E-state index < -0.39 is 0 Å². The first kappa shape index (κ1) is 20.5. The summed E-state index contributed by atoms with van der Waals surface area (Å²) in [5.41, 5.74) is 2.43. The van der Waals surface area contributed by atoms with Gasteiger partial charge in [0, 0.05) is 24.6 Å². The van der Waals surface area contributed by atoms with Crippen LogP contribution < -0.4 is 5.32 Å². The van der Waals surface area contributed by atoms with E-state index in [9.17, 15) is 4.39 Å². The summed E-state index contributed by atoms with van der Waals surface area (Å²) in [6.45, 7) is 1.77. The van der Waals surface area contributed by atoms with E-state index in [4.69, 9.17) is 12.2 Å². The summed E-state index contributed by atoms with van der Waals surface area (Å²) in [5, 5.41) is 4.17. The minimum atomic E-state index is -0.253. The highest BCUT2D eigenvalue weighted by Gasteiger charge is 2.41. The largest absolute Gasteiger partial charge is 0.352 e. The van der Waals surface area contributed by atoms with Crippen molar-refractivity contribution in [2.24, 2.45) is 0 Å². The van der Waals surface area contributed by atoms with Gasteiger partial charge in [0.15, 0.2) is 5.11 Å². The van der Waals surface area contributed by atoms with E-state index in [1.807, 2.05) is 47.2 Å². The summed E-state index contributed by atoms with van der Waals surface area (Å²) in [6.07, 6.45) is 4.67. The molecule has 0 amide bonds. The molecule has 0 radical (unpaired) electrons. The first-order chi connectivity index (χ1) is 14.6. The van der Waals surface area contributed by atoms with Gasteiger partial charge in [0.1, 0.15) is 5.82 Å². The van der Waals surface area contributed by atoms with Crippen molar-refractivity contribution in [1.29, 1.82) is 0 Å². The van der Waals surface area contributed by atoms with Crippen molar-refractivity contribution >= 4 is 17.3 Å². The molecule has 0 saturated carbocycles. The Balaban J connectivity index is 1.75. The maximum Gasteiger partial charge on any atom is 0.170 e. The zero-order valence-corrected chi connectivity index (χ0v) is 18.0. The van der Waals surface area contributed by atoms with Crippen LogP contribution in [0.5, 0.6) is 0 Å². The van der Waals surface area contributed by atoms with E-state index in [-0.39, 0.29) is 17.9 Å². The number of thiocarbonyl (C=S) groups is 1. The Hall–Kier alpha value is -2.77. The molecule has 1 aliphatic rings. The van der Waals surface area contributed by atoms with Crippen molar-refractivity contribution in [2.75, 3.05) is 27.2 Å². The van der Waals surface area contributed by atoms with Gasteiger partial charge in [-0.15, -0.1) is 0 Å². The standard InChI is InChI=1S/C23H26FN5S/c1-27(2)14-8-16-29-22(21(26-23(29)30)18-10-5-6-13-25-18)20-12-7-15-28(20)19-11-4-3-9-17(19)24/h3-7,9-13,15,21-22H,8,14,16H2,1-2H3,(H,26,30)/t21-,22+/m0/s1. The SMILES string of the molecule is CN(C)CCCN1C(=S)N[C@@H](c2ccccn2)[C@H]1c1cccn1-c1ccccc1F. The predicted molar refractivity (Wildman–Crippen MR) is 121 cm³/mol. The van der Waals surface area contributed by atoms with E-state index in [0.29, 0.717) is 10.8 Å². The summed E-state index contributed by atoms with van der Waals surface area (Å²) in [6, 6.07) is 16.5. The van der Waals surface area contributed by atoms with Crippen molar-refractivity contribution in [3.8, 4) is 5.69 Å². The molecule has 156 valence electrons. The molecular formula is C23H26FN5S. The van der Waals surface area contributed by atoms with E-state index in [2.05, 4.69) is 34.2 Å². The molecule has 1 saturated heterocycles. The van der Waals surface area contributed by atoms with Gasteiger partial charge in [-0.25, -0.2) is 4.39 Å². The maximum atomic E-state index is 14.6. The summed E-state index contributed by atoms with van der Waals surface area (Å²) in [5.74, 6) is -0.253. The molecule has 30 heavy (non-hydrogen) atoms. The predicted octanol–water partition coefficient (Wildman–Crippen LogP) is 3.94. The molecule has 5 nitrogen and oxygen atoms in total. The zero-order valence-electron chi connectivity index (χ0n) is 17.2. The highest BCUT2D eigenvalue weighted by molar-refractivity contribution is 7.80. The van der Waals surface area contributed by atoms with Crippen LogP contribution in [-0.2, 0) is 0 Å². The maximum absolute atomic E-state index is 14.6. The smallest absolute Gasteiger partial charge is 0.170 e. The topological polar surface area (TPSA) is 36.3 Å². The second-order valence-electron chi connectivity index (χ2n) is 7.73. The van der Waals surface area contributed by atoms with E-state index >= 15 is 0 Å². The highest BCUT2D eigenvalue weighted by atomic mass is 32.1. The lowest BCUT2D eigenvalue weighted by Gasteiger charge is -2.29. The number of aromatic nitrogens is 2. The summed E-state index contributed by atoms with van der Waals surface area (Å²) < 4.78 is 16.5. The van der Waals surface area contributed by atoms with Crippen LogP contribution in [-0.4, -0.2) is 51.6 Å². The van der Waals surface area contributed by atoms with Crippen LogP contribution in [0.4, 0.5) is 4.39 Å². The number of benzene rings is 1. The third-order valence-corrected chi connectivity index (χ3v) is 5.75. The van der Waals surface area contributed by atoms with Crippen LogP contribution >= 0.6 is 12.2 Å². The molecule has 0 aliphatic carbocycles. The first-order valence-electron chi connectivity index (χ1n) is 10.1. The molecule has 0 bridgehead atoms. The number of hydrogen-bond donors (Lipinski definition) is 1. The molecule has 2 aromatic heterocycles. The summed E-state index contributed by atoms with van der Waals surface area (Å²) in [7, 11) is 4.14. The molecule has 0 spiro atoms.